The Morgan fingerprint density at radius 3 is 2.39 bits per heavy atom. The smallest absolute Gasteiger partial charge is 0.119 e. The number of aliphatic imine (C=N–C) groups is 1. The van der Waals surface area contributed by atoms with Crippen LogP contribution in [-0.4, -0.2) is 12.4 Å². The highest BCUT2D eigenvalue weighted by Crippen LogP contribution is 2.41. The molecule has 31 heavy (non-hydrogen) atoms. The van der Waals surface area contributed by atoms with E-state index in [0.29, 0.717) is 6.61 Å². The molecule has 4 aromatic carbocycles. The van der Waals surface area contributed by atoms with Gasteiger partial charge in [0.05, 0.1) is 18.3 Å². The van der Waals surface area contributed by atoms with Crippen molar-refractivity contribution >= 4 is 50.6 Å². The van der Waals surface area contributed by atoms with E-state index in [1.807, 2.05) is 19.1 Å². The quantitative estimate of drug-likeness (QED) is 0.255. The fraction of sp³-hybridized carbons (Fsp3) is 0.148. The van der Waals surface area contributed by atoms with Gasteiger partial charge in [0.15, 0.2) is 0 Å². The van der Waals surface area contributed by atoms with E-state index in [1.165, 1.54) is 19.9 Å². The SMILES string of the molecule is CCOc1ccc(N2/C(=N/c3ccc(I)cc3)CC2c2ccc3ccccc3c2)cc1. The van der Waals surface area contributed by atoms with Crippen LogP contribution >= 0.6 is 22.6 Å². The third-order valence-corrected chi connectivity index (χ3v) is 6.35. The van der Waals surface area contributed by atoms with Crippen LogP contribution in [0, 0.1) is 3.57 Å². The van der Waals surface area contributed by atoms with Crippen LogP contribution in [0.15, 0.2) is 96.0 Å². The lowest BCUT2D eigenvalue weighted by atomic mass is 9.91. The van der Waals surface area contributed by atoms with Gasteiger partial charge in [0.2, 0.25) is 0 Å². The monoisotopic (exact) mass is 518 g/mol. The molecule has 0 aromatic heterocycles. The highest BCUT2D eigenvalue weighted by atomic mass is 127. The molecule has 0 spiro atoms. The lowest BCUT2D eigenvalue weighted by molar-refractivity contribution is 0.340. The Labute approximate surface area is 196 Å². The summed E-state index contributed by atoms with van der Waals surface area (Å²) in [5.41, 5.74) is 3.44. The molecule has 3 nitrogen and oxygen atoms in total. The van der Waals surface area contributed by atoms with E-state index in [1.54, 1.807) is 0 Å². The van der Waals surface area contributed by atoms with E-state index in [0.717, 1.165) is 29.4 Å². The van der Waals surface area contributed by atoms with Crippen molar-refractivity contribution < 1.29 is 4.74 Å². The van der Waals surface area contributed by atoms with Gasteiger partial charge in [0.1, 0.15) is 11.6 Å². The number of benzene rings is 4. The number of hydrogen-bond donors (Lipinski definition) is 0. The lowest BCUT2D eigenvalue weighted by Crippen LogP contribution is -2.46. The first-order valence-electron chi connectivity index (χ1n) is 10.6. The summed E-state index contributed by atoms with van der Waals surface area (Å²) in [7, 11) is 0. The summed E-state index contributed by atoms with van der Waals surface area (Å²) in [5.74, 6) is 1.98. The van der Waals surface area contributed by atoms with Crippen LogP contribution in [0.2, 0.25) is 0 Å². The fourth-order valence-corrected chi connectivity index (χ4v) is 4.43. The van der Waals surface area contributed by atoms with E-state index in [2.05, 4.69) is 106 Å². The molecule has 0 bridgehead atoms. The molecule has 0 N–H and O–H groups in total. The fourth-order valence-electron chi connectivity index (χ4n) is 4.07. The Morgan fingerprint density at radius 2 is 1.65 bits per heavy atom. The molecule has 1 fully saturated rings. The summed E-state index contributed by atoms with van der Waals surface area (Å²) in [6, 6.07) is 32.2. The summed E-state index contributed by atoms with van der Waals surface area (Å²) >= 11 is 2.32. The van der Waals surface area contributed by atoms with E-state index < -0.39 is 0 Å². The third-order valence-electron chi connectivity index (χ3n) is 5.63. The number of rotatable bonds is 5. The van der Waals surface area contributed by atoms with Crippen LogP contribution in [0.25, 0.3) is 10.8 Å². The molecular weight excluding hydrogens is 495 g/mol. The maximum atomic E-state index is 5.64. The highest BCUT2D eigenvalue weighted by Gasteiger charge is 2.36. The number of ether oxygens (including phenoxy) is 1. The van der Waals surface area contributed by atoms with Gasteiger partial charge in [-0.2, -0.15) is 0 Å². The average molecular weight is 518 g/mol. The number of hydrogen-bond acceptors (Lipinski definition) is 2. The van der Waals surface area contributed by atoms with Gasteiger partial charge in [-0.05, 0) is 100 Å². The van der Waals surface area contributed by atoms with E-state index in [9.17, 15) is 0 Å². The molecule has 5 rings (SSSR count). The van der Waals surface area contributed by atoms with Gasteiger partial charge in [0, 0.05) is 15.7 Å². The summed E-state index contributed by atoms with van der Waals surface area (Å²) in [5, 5.41) is 2.54. The van der Waals surface area contributed by atoms with Crippen LogP contribution in [-0.2, 0) is 0 Å². The van der Waals surface area contributed by atoms with Gasteiger partial charge >= 0.3 is 0 Å². The van der Waals surface area contributed by atoms with E-state index in [4.69, 9.17) is 9.73 Å². The summed E-state index contributed by atoms with van der Waals surface area (Å²) in [4.78, 5) is 7.31. The Morgan fingerprint density at radius 1 is 0.903 bits per heavy atom. The second-order valence-corrected chi connectivity index (χ2v) is 8.87. The van der Waals surface area contributed by atoms with Crippen molar-refractivity contribution in [1.82, 2.24) is 0 Å². The van der Waals surface area contributed by atoms with Gasteiger partial charge in [-0.3, -0.25) is 0 Å². The highest BCUT2D eigenvalue weighted by molar-refractivity contribution is 14.1. The lowest BCUT2D eigenvalue weighted by Gasteiger charge is -2.44. The van der Waals surface area contributed by atoms with Gasteiger partial charge in [-0.25, -0.2) is 4.99 Å². The molecule has 0 amide bonds. The summed E-state index contributed by atoms with van der Waals surface area (Å²) in [6.45, 7) is 2.67. The zero-order valence-corrected chi connectivity index (χ0v) is 19.5. The molecule has 1 aliphatic heterocycles. The molecule has 1 saturated heterocycles. The number of amidine groups is 1. The van der Waals surface area contributed by atoms with Crippen LogP contribution in [0.3, 0.4) is 0 Å². The predicted molar refractivity (Wildman–Crippen MR) is 138 cm³/mol. The minimum absolute atomic E-state index is 0.269. The molecule has 1 aliphatic rings. The van der Waals surface area contributed by atoms with Crippen LogP contribution < -0.4 is 9.64 Å². The largest absolute Gasteiger partial charge is 0.494 e. The summed E-state index contributed by atoms with van der Waals surface area (Å²) in [6.07, 6.45) is 0.914. The van der Waals surface area contributed by atoms with Crippen LogP contribution in [0.5, 0.6) is 5.75 Å². The standard InChI is InChI=1S/C27H23IN2O/c1-2-31-25-15-13-24(14-16-25)30-26(18-27(30)29-23-11-9-22(28)10-12-23)21-8-7-19-5-3-4-6-20(19)17-21/h3-17,26H,2,18H2,1H3/b29-27+. The van der Waals surface area contributed by atoms with Crippen molar-refractivity contribution in [3.05, 3.63) is 100 Å². The van der Waals surface area contributed by atoms with Crippen molar-refractivity contribution in [1.29, 1.82) is 0 Å². The predicted octanol–water partition coefficient (Wildman–Crippen LogP) is 7.52. The summed E-state index contributed by atoms with van der Waals surface area (Å²) < 4.78 is 6.85. The molecular formula is C27H23IN2O. The number of fused-ring (bicyclic) bond motifs is 1. The number of nitrogens with zero attached hydrogens (tertiary/aromatic N) is 2. The topological polar surface area (TPSA) is 24.8 Å². The second kappa shape index (κ2) is 8.71. The Balaban J connectivity index is 1.51. The molecule has 0 aliphatic carbocycles. The van der Waals surface area contributed by atoms with Crippen molar-refractivity contribution in [3.63, 3.8) is 0 Å². The zero-order valence-electron chi connectivity index (χ0n) is 17.3. The third kappa shape index (κ3) is 4.17. The zero-order chi connectivity index (χ0) is 21.2. The first-order chi connectivity index (χ1) is 15.2. The molecule has 4 aromatic rings. The molecule has 0 radical (unpaired) electrons. The molecule has 0 saturated carbocycles. The second-order valence-electron chi connectivity index (χ2n) is 7.63. The maximum absolute atomic E-state index is 5.64. The van der Waals surface area contributed by atoms with Gasteiger partial charge < -0.3 is 9.64 Å². The first-order valence-corrected chi connectivity index (χ1v) is 11.6. The molecule has 1 heterocycles. The van der Waals surface area contributed by atoms with Gasteiger partial charge in [-0.15, -0.1) is 0 Å². The molecule has 1 atom stereocenters. The molecule has 4 heteroatoms. The van der Waals surface area contributed by atoms with Crippen molar-refractivity contribution in [2.24, 2.45) is 4.99 Å². The number of halogens is 1. The van der Waals surface area contributed by atoms with E-state index >= 15 is 0 Å². The first kappa shape index (κ1) is 20.1. The van der Waals surface area contributed by atoms with Crippen molar-refractivity contribution in [2.75, 3.05) is 11.5 Å². The van der Waals surface area contributed by atoms with E-state index in [-0.39, 0.29) is 6.04 Å². The normalized spacial score (nSPS) is 17.0. The Kier molecular flexibility index (Phi) is 5.64. The van der Waals surface area contributed by atoms with Crippen molar-refractivity contribution in [2.45, 2.75) is 19.4 Å². The van der Waals surface area contributed by atoms with Crippen molar-refractivity contribution in [3.8, 4) is 5.75 Å². The van der Waals surface area contributed by atoms with Crippen LogP contribution in [0.1, 0.15) is 24.9 Å². The van der Waals surface area contributed by atoms with Gasteiger partial charge in [0.25, 0.3) is 0 Å². The average Bonchev–Trinajstić information content (AvgIpc) is 2.79. The molecule has 154 valence electrons. The Hall–Kier alpha value is -2.86. The van der Waals surface area contributed by atoms with Gasteiger partial charge in [-0.1, -0.05) is 36.4 Å². The number of anilines is 1. The maximum Gasteiger partial charge on any atom is 0.119 e. The molecule has 1 unspecified atom stereocenters. The minimum atomic E-state index is 0.269. The van der Waals surface area contributed by atoms with Crippen LogP contribution in [0.4, 0.5) is 11.4 Å². The Bertz CT molecular complexity index is 1230. The minimum Gasteiger partial charge on any atom is -0.494 e.